The molecule has 0 bridgehead atoms. The van der Waals surface area contributed by atoms with Gasteiger partial charge in [0.25, 0.3) is 0 Å². The lowest BCUT2D eigenvalue weighted by atomic mass is 10.2. The van der Waals surface area contributed by atoms with Crippen LogP contribution in [0.4, 0.5) is 5.82 Å². The van der Waals surface area contributed by atoms with Gasteiger partial charge in [-0.15, -0.1) is 6.42 Å². The van der Waals surface area contributed by atoms with Gasteiger partial charge in [-0.2, -0.15) is 0 Å². The van der Waals surface area contributed by atoms with Crippen molar-refractivity contribution < 1.29 is 0 Å². The van der Waals surface area contributed by atoms with Gasteiger partial charge in [0.2, 0.25) is 0 Å². The normalized spacial score (nSPS) is 8.80. The number of pyridine rings is 1. The molecule has 0 aliphatic heterocycles. The molecule has 1 rings (SSSR count). The molecule has 0 aliphatic rings. The Balaban J connectivity index is 3.22. The van der Waals surface area contributed by atoms with Gasteiger partial charge in [0, 0.05) is 0 Å². The van der Waals surface area contributed by atoms with Crippen molar-refractivity contribution in [3.05, 3.63) is 23.4 Å². The molecule has 0 unspecified atom stereocenters. The third-order valence-corrected chi connectivity index (χ3v) is 1.14. The number of hydrogen-bond acceptors (Lipinski definition) is 2. The molecule has 0 saturated heterocycles. The Morgan fingerprint density at radius 1 is 1.60 bits per heavy atom. The van der Waals surface area contributed by atoms with E-state index < -0.39 is 0 Å². The van der Waals surface area contributed by atoms with Crippen molar-refractivity contribution in [2.75, 3.05) is 5.73 Å². The van der Waals surface area contributed by atoms with E-state index in [0.717, 1.165) is 5.56 Å². The van der Waals surface area contributed by atoms with Crippen molar-refractivity contribution in [3.63, 3.8) is 0 Å². The average Bonchev–Trinajstić information content (AvgIpc) is 1.85. The molecule has 2 heteroatoms. The van der Waals surface area contributed by atoms with E-state index in [9.17, 15) is 0 Å². The topological polar surface area (TPSA) is 38.9 Å². The Hall–Kier alpha value is -1.49. The molecule has 1 heterocycles. The highest BCUT2D eigenvalue weighted by atomic mass is 14.8. The largest absolute Gasteiger partial charge is 0.384 e. The summed E-state index contributed by atoms with van der Waals surface area (Å²) in [6.07, 6.45) is 5.12. The Kier molecular flexibility index (Phi) is 1.59. The summed E-state index contributed by atoms with van der Waals surface area (Å²) >= 11 is 0. The molecule has 1 aromatic rings. The first-order valence-corrected chi connectivity index (χ1v) is 2.93. The van der Waals surface area contributed by atoms with E-state index in [2.05, 4.69) is 10.9 Å². The van der Waals surface area contributed by atoms with Crippen LogP contribution in [-0.4, -0.2) is 4.98 Å². The van der Waals surface area contributed by atoms with E-state index in [4.69, 9.17) is 12.2 Å². The van der Waals surface area contributed by atoms with Gasteiger partial charge >= 0.3 is 0 Å². The van der Waals surface area contributed by atoms with E-state index in [0.29, 0.717) is 11.5 Å². The predicted octanol–water partition coefficient (Wildman–Crippen LogP) is 0.954. The number of aryl methyl sites for hydroxylation is 1. The minimum atomic E-state index is 0.480. The van der Waals surface area contributed by atoms with E-state index in [1.165, 1.54) is 0 Å². The Bertz CT molecular complexity index is 264. The van der Waals surface area contributed by atoms with Gasteiger partial charge in [-0.25, -0.2) is 4.98 Å². The SMILES string of the molecule is C#Cc1cc(C)cc(N)n1. The molecule has 0 aromatic carbocycles. The first-order valence-electron chi connectivity index (χ1n) is 2.93. The average molecular weight is 132 g/mol. The highest BCUT2D eigenvalue weighted by Crippen LogP contribution is 2.04. The Morgan fingerprint density at radius 3 is 2.80 bits per heavy atom. The number of nitrogen functional groups attached to an aromatic ring is 1. The molecule has 0 spiro atoms. The maximum absolute atomic E-state index is 5.43. The quantitative estimate of drug-likeness (QED) is 0.534. The molecule has 2 nitrogen and oxygen atoms in total. The van der Waals surface area contributed by atoms with Crippen LogP contribution in [0.15, 0.2) is 12.1 Å². The number of terminal acetylenes is 1. The summed E-state index contributed by atoms with van der Waals surface area (Å²) in [6.45, 7) is 1.93. The maximum Gasteiger partial charge on any atom is 0.125 e. The predicted molar refractivity (Wildman–Crippen MR) is 41.3 cm³/mol. The van der Waals surface area contributed by atoms with E-state index in [1.54, 1.807) is 6.07 Å². The Morgan fingerprint density at radius 2 is 2.30 bits per heavy atom. The summed E-state index contributed by atoms with van der Waals surface area (Å²) < 4.78 is 0. The van der Waals surface area contributed by atoms with Crippen molar-refractivity contribution in [2.24, 2.45) is 0 Å². The minimum Gasteiger partial charge on any atom is -0.384 e. The van der Waals surface area contributed by atoms with Gasteiger partial charge in [-0.1, -0.05) is 5.92 Å². The van der Waals surface area contributed by atoms with Crippen molar-refractivity contribution in [1.82, 2.24) is 4.98 Å². The van der Waals surface area contributed by atoms with Gasteiger partial charge in [0.15, 0.2) is 0 Å². The first kappa shape index (κ1) is 6.63. The highest BCUT2D eigenvalue weighted by Gasteiger charge is 1.91. The number of aromatic nitrogens is 1. The molecular weight excluding hydrogens is 124 g/mol. The summed E-state index contributed by atoms with van der Waals surface area (Å²) in [5.74, 6) is 2.90. The third-order valence-electron chi connectivity index (χ3n) is 1.14. The second-order valence-corrected chi connectivity index (χ2v) is 2.10. The molecule has 2 N–H and O–H groups in total. The van der Waals surface area contributed by atoms with Crippen LogP contribution in [0.5, 0.6) is 0 Å². The number of anilines is 1. The van der Waals surface area contributed by atoms with Crippen LogP contribution in [0.3, 0.4) is 0 Å². The molecule has 1 aromatic heterocycles. The fourth-order valence-electron chi connectivity index (χ4n) is 0.768. The van der Waals surface area contributed by atoms with Crippen molar-refractivity contribution >= 4 is 5.82 Å². The zero-order valence-electron chi connectivity index (χ0n) is 5.76. The molecular formula is C8H8N2. The van der Waals surface area contributed by atoms with Crippen molar-refractivity contribution in [2.45, 2.75) is 6.92 Å². The summed E-state index contributed by atoms with van der Waals surface area (Å²) in [6, 6.07) is 3.59. The summed E-state index contributed by atoms with van der Waals surface area (Å²) in [5, 5.41) is 0. The monoisotopic (exact) mass is 132 g/mol. The second kappa shape index (κ2) is 2.40. The van der Waals surface area contributed by atoms with Gasteiger partial charge in [0.1, 0.15) is 11.5 Å². The van der Waals surface area contributed by atoms with E-state index in [1.807, 2.05) is 13.0 Å². The van der Waals surface area contributed by atoms with Crippen LogP contribution in [0.1, 0.15) is 11.3 Å². The lowest BCUT2D eigenvalue weighted by Crippen LogP contribution is -1.92. The van der Waals surface area contributed by atoms with Crippen molar-refractivity contribution in [1.29, 1.82) is 0 Å². The zero-order valence-corrected chi connectivity index (χ0v) is 5.76. The lowest BCUT2D eigenvalue weighted by molar-refractivity contribution is 1.26. The smallest absolute Gasteiger partial charge is 0.125 e. The molecule has 50 valence electrons. The van der Waals surface area contributed by atoms with E-state index >= 15 is 0 Å². The highest BCUT2D eigenvalue weighted by molar-refractivity contribution is 5.39. The third kappa shape index (κ3) is 1.26. The lowest BCUT2D eigenvalue weighted by Gasteiger charge is -1.95. The molecule has 0 amide bonds. The van der Waals surface area contributed by atoms with Gasteiger partial charge < -0.3 is 5.73 Å². The zero-order chi connectivity index (χ0) is 7.56. The van der Waals surface area contributed by atoms with Crippen molar-refractivity contribution in [3.8, 4) is 12.3 Å². The summed E-state index contributed by atoms with van der Waals surface area (Å²) in [4.78, 5) is 3.89. The fourth-order valence-corrected chi connectivity index (χ4v) is 0.768. The standard InChI is InChI=1S/C8H8N2/c1-3-7-4-6(2)5-8(9)10-7/h1,4-5H,2H3,(H2,9,10). The van der Waals surface area contributed by atoms with Crippen LogP contribution in [-0.2, 0) is 0 Å². The fraction of sp³-hybridized carbons (Fsp3) is 0.125. The number of rotatable bonds is 0. The minimum absolute atomic E-state index is 0.480. The molecule has 0 atom stereocenters. The van der Waals surface area contributed by atoms with Gasteiger partial charge in [0.05, 0.1) is 0 Å². The second-order valence-electron chi connectivity index (χ2n) is 2.10. The van der Waals surface area contributed by atoms with Crippen LogP contribution in [0, 0.1) is 19.3 Å². The number of nitrogens with zero attached hydrogens (tertiary/aromatic N) is 1. The van der Waals surface area contributed by atoms with Gasteiger partial charge in [-0.3, -0.25) is 0 Å². The van der Waals surface area contributed by atoms with Crippen LogP contribution in [0.2, 0.25) is 0 Å². The molecule has 0 radical (unpaired) electrons. The molecule has 0 aliphatic carbocycles. The first-order chi connectivity index (χ1) is 4.72. The van der Waals surface area contributed by atoms with Crippen LogP contribution >= 0.6 is 0 Å². The summed E-state index contributed by atoms with van der Waals surface area (Å²) in [7, 11) is 0. The molecule has 0 fully saturated rings. The summed E-state index contributed by atoms with van der Waals surface area (Å²) in [5.41, 5.74) is 7.07. The number of nitrogens with two attached hydrogens (primary N) is 1. The maximum atomic E-state index is 5.43. The van der Waals surface area contributed by atoms with Gasteiger partial charge in [-0.05, 0) is 24.6 Å². The molecule has 10 heavy (non-hydrogen) atoms. The number of hydrogen-bond donors (Lipinski definition) is 1. The molecule has 0 saturated carbocycles. The van der Waals surface area contributed by atoms with Crippen LogP contribution in [0.25, 0.3) is 0 Å². The van der Waals surface area contributed by atoms with E-state index in [-0.39, 0.29) is 0 Å². The van der Waals surface area contributed by atoms with Crippen LogP contribution < -0.4 is 5.73 Å². The Labute approximate surface area is 60.1 Å².